The second kappa shape index (κ2) is 6.24. The Morgan fingerprint density at radius 3 is 2.76 bits per heavy atom. The first-order chi connectivity index (χ1) is 8.40. The van der Waals surface area contributed by atoms with E-state index in [1.54, 1.807) is 0 Å². The number of hydrogen-bond donors (Lipinski definition) is 1. The summed E-state index contributed by atoms with van der Waals surface area (Å²) in [5.41, 5.74) is 1.06. The molecule has 2 rings (SSSR count). The molecule has 0 atom stereocenters. The minimum atomic E-state index is 0.986. The predicted molar refractivity (Wildman–Crippen MR) is 74.4 cm³/mol. The number of nitrogens with one attached hydrogen (secondary N) is 1. The second-order valence-electron chi connectivity index (χ2n) is 4.38. The van der Waals surface area contributed by atoms with Crippen molar-refractivity contribution in [1.29, 1.82) is 0 Å². The Bertz CT molecular complexity index is 465. The highest BCUT2D eigenvalue weighted by molar-refractivity contribution is 5.79. The Hall–Kier alpha value is -1.57. The van der Waals surface area contributed by atoms with Crippen LogP contribution in [0.2, 0.25) is 0 Å². The smallest absolute Gasteiger partial charge is 0.126 e. The molecule has 2 nitrogen and oxygen atoms in total. The summed E-state index contributed by atoms with van der Waals surface area (Å²) in [5.74, 6) is 0.986. The number of unbranched alkanes of at least 4 members (excludes halogenated alkanes) is 3. The first-order valence-corrected chi connectivity index (χ1v) is 6.50. The zero-order chi connectivity index (χ0) is 11.9. The third kappa shape index (κ3) is 3.45. The number of para-hydroxylation sites is 1. The molecule has 17 heavy (non-hydrogen) atoms. The fourth-order valence-corrected chi connectivity index (χ4v) is 1.93. The van der Waals surface area contributed by atoms with Gasteiger partial charge in [0.05, 0.1) is 5.52 Å². The third-order valence-electron chi connectivity index (χ3n) is 2.93. The first kappa shape index (κ1) is 11.9. The maximum Gasteiger partial charge on any atom is 0.126 e. The van der Waals surface area contributed by atoms with E-state index in [1.165, 1.54) is 31.1 Å². The number of hydrogen-bond acceptors (Lipinski definition) is 2. The van der Waals surface area contributed by atoms with Crippen molar-refractivity contribution in [1.82, 2.24) is 4.98 Å². The standard InChI is InChI=1S/C15H20N2/c1-2-3-4-7-12-16-15-11-10-13-8-5-6-9-14(13)17-15/h5-6,8-11H,2-4,7,12H2,1H3,(H,16,17). The summed E-state index contributed by atoms with van der Waals surface area (Å²) >= 11 is 0. The number of nitrogens with zero attached hydrogens (tertiary/aromatic N) is 1. The molecule has 0 radical (unpaired) electrons. The van der Waals surface area contributed by atoms with E-state index in [1.807, 2.05) is 12.1 Å². The molecule has 0 spiro atoms. The van der Waals surface area contributed by atoms with E-state index in [0.29, 0.717) is 0 Å². The number of aromatic nitrogens is 1. The van der Waals surface area contributed by atoms with E-state index >= 15 is 0 Å². The van der Waals surface area contributed by atoms with Gasteiger partial charge in [0, 0.05) is 11.9 Å². The van der Waals surface area contributed by atoms with Gasteiger partial charge >= 0.3 is 0 Å². The molecule has 2 heteroatoms. The highest BCUT2D eigenvalue weighted by Crippen LogP contribution is 2.14. The average molecular weight is 228 g/mol. The maximum absolute atomic E-state index is 4.58. The molecule has 0 aliphatic carbocycles. The first-order valence-electron chi connectivity index (χ1n) is 6.50. The lowest BCUT2D eigenvalue weighted by molar-refractivity contribution is 0.684. The SMILES string of the molecule is CCCCCCNc1ccc2ccccc2n1. The molecule has 0 aliphatic heterocycles. The van der Waals surface area contributed by atoms with E-state index in [-0.39, 0.29) is 0 Å². The van der Waals surface area contributed by atoms with Gasteiger partial charge in [0.2, 0.25) is 0 Å². The summed E-state index contributed by atoms with van der Waals surface area (Å²) in [6.45, 7) is 3.25. The zero-order valence-electron chi connectivity index (χ0n) is 10.4. The molecule has 2 aromatic rings. The van der Waals surface area contributed by atoms with Gasteiger partial charge in [-0.1, -0.05) is 44.4 Å². The quantitative estimate of drug-likeness (QED) is 0.748. The van der Waals surface area contributed by atoms with Crippen molar-refractivity contribution in [3.8, 4) is 0 Å². The number of fused-ring (bicyclic) bond motifs is 1. The van der Waals surface area contributed by atoms with Crippen LogP contribution in [0.5, 0.6) is 0 Å². The molecule has 1 heterocycles. The number of benzene rings is 1. The van der Waals surface area contributed by atoms with Crippen molar-refractivity contribution < 1.29 is 0 Å². The lowest BCUT2D eigenvalue weighted by atomic mass is 10.2. The van der Waals surface area contributed by atoms with E-state index in [9.17, 15) is 0 Å². The van der Waals surface area contributed by atoms with Gasteiger partial charge in [0.1, 0.15) is 5.82 Å². The van der Waals surface area contributed by atoms with Gasteiger partial charge in [-0.2, -0.15) is 0 Å². The Morgan fingerprint density at radius 1 is 1.00 bits per heavy atom. The monoisotopic (exact) mass is 228 g/mol. The van der Waals surface area contributed by atoms with Gasteiger partial charge in [-0.05, 0) is 24.6 Å². The summed E-state index contributed by atoms with van der Waals surface area (Å²) in [7, 11) is 0. The van der Waals surface area contributed by atoms with E-state index < -0.39 is 0 Å². The molecular weight excluding hydrogens is 208 g/mol. The van der Waals surface area contributed by atoms with Crippen LogP contribution >= 0.6 is 0 Å². The summed E-state index contributed by atoms with van der Waals surface area (Å²) in [5, 5.41) is 4.58. The van der Waals surface area contributed by atoms with Gasteiger partial charge in [-0.15, -0.1) is 0 Å². The predicted octanol–water partition coefficient (Wildman–Crippen LogP) is 4.23. The van der Waals surface area contributed by atoms with Crippen molar-refractivity contribution >= 4 is 16.7 Å². The van der Waals surface area contributed by atoms with Crippen molar-refractivity contribution in [2.24, 2.45) is 0 Å². The molecule has 0 bridgehead atoms. The van der Waals surface area contributed by atoms with Crippen molar-refractivity contribution in [2.75, 3.05) is 11.9 Å². The molecule has 0 fully saturated rings. The average Bonchev–Trinajstić information content (AvgIpc) is 2.38. The van der Waals surface area contributed by atoms with Crippen LogP contribution in [0.4, 0.5) is 5.82 Å². The molecular formula is C15H20N2. The molecule has 1 N–H and O–H groups in total. The molecule has 0 amide bonds. The lowest BCUT2D eigenvalue weighted by Crippen LogP contribution is -2.03. The largest absolute Gasteiger partial charge is 0.370 e. The Labute approximate surface area is 103 Å². The second-order valence-corrected chi connectivity index (χ2v) is 4.38. The maximum atomic E-state index is 4.58. The molecule has 0 saturated heterocycles. The molecule has 0 saturated carbocycles. The highest BCUT2D eigenvalue weighted by atomic mass is 15.0. The summed E-state index contributed by atoms with van der Waals surface area (Å²) in [6.07, 6.45) is 5.14. The topological polar surface area (TPSA) is 24.9 Å². The van der Waals surface area contributed by atoms with Crippen LogP contribution in [-0.2, 0) is 0 Å². The molecule has 90 valence electrons. The van der Waals surface area contributed by atoms with Gasteiger partial charge in [-0.25, -0.2) is 4.98 Å². The molecule has 1 aromatic carbocycles. The van der Waals surface area contributed by atoms with Gasteiger partial charge < -0.3 is 5.32 Å². The van der Waals surface area contributed by atoms with Crippen LogP contribution in [0.15, 0.2) is 36.4 Å². The highest BCUT2D eigenvalue weighted by Gasteiger charge is 1.96. The van der Waals surface area contributed by atoms with Crippen molar-refractivity contribution in [3.05, 3.63) is 36.4 Å². The van der Waals surface area contributed by atoms with E-state index in [2.05, 4.69) is 41.5 Å². The van der Waals surface area contributed by atoms with Gasteiger partial charge in [-0.3, -0.25) is 0 Å². The van der Waals surface area contributed by atoms with Crippen molar-refractivity contribution in [3.63, 3.8) is 0 Å². The fourth-order valence-electron chi connectivity index (χ4n) is 1.93. The number of pyridine rings is 1. The van der Waals surface area contributed by atoms with Crippen molar-refractivity contribution in [2.45, 2.75) is 32.6 Å². The van der Waals surface area contributed by atoms with Crippen LogP contribution in [0.25, 0.3) is 10.9 Å². The Balaban J connectivity index is 1.90. The van der Waals surface area contributed by atoms with Crippen LogP contribution in [0.1, 0.15) is 32.6 Å². The minimum absolute atomic E-state index is 0.986. The molecule has 1 aromatic heterocycles. The minimum Gasteiger partial charge on any atom is -0.370 e. The number of rotatable bonds is 6. The van der Waals surface area contributed by atoms with E-state index in [0.717, 1.165) is 17.9 Å². The van der Waals surface area contributed by atoms with E-state index in [4.69, 9.17) is 0 Å². The summed E-state index contributed by atoms with van der Waals surface area (Å²) < 4.78 is 0. The van der Waals surface area contributed by atoms with Crippen LogP contribution < -0.4 is 5.32 Å². The lowest BCUT2D eigenvalue weighted by Gasteiger charge is -2.06. The zero-order valence-corrected chi connectivity index (χ0v) is 10.4. The molecule has 0 unspecified atom stereocenters. The Morgan fingerprint density at radius 2 is 1.88 bits per heavy atom. The summed E-state index contributed by atoms with van der Waals surface area (Å²) in [4.78, 5) is 4.58. The van der Waals surface area contributed by atoms with Gasteiger partial charge in [0.15, 0.2) is 0 Å². The van der Waals surface area contributed by atoms with Crippen LogP contribution in [-0.4, -0.2) is 11.5 Å². The third-order valence-corrected chi connectivity index (χ3v) is 2.93. The van der Waals surface area contributed by atoms with Crippen LogP contribution in [0, 0.1) is 0 Å². The van der Waals surface area contributed by atoms with Gasteiger partial charge in [0.25, 0.3) is 0 Å². The summed E-state index contributed by atoms with van der Waals surface area (Å²) in [6, 6.07) is 12.4. The molecule has 0 aliphatic rings. The van der Waals surface area contributed by atoms with Crippen LogP contribution in [0.3, 0.4) is 0 Å². The fraction of sp³-hybridized carbons (Fsp3) is 0.400. The Kier molecular flexibility index (Phi) is 4.37. The normalized spacial score (nSPS) is 10.6. The number of anilines is 1.